The first-order chi connectivity index (χ1) is 11.6. The van der Waals surface area contributed by atoms with Crippen LogP contribution in [0.2, 0.25) is 5.02 Å². The van der Waals surface area contributed by atoms with Crippen molar-refractivity contribution >= 4 is 17.5 Å². The van der Waals surface area contributed by atoms with Crippen LogP contribution < -0.4 is 5.32 Å². The van der Waals surface area contributed by atoms with E-state index in [-0.39, 0.29) is 17.4 Å². The van der Waals surface area contributed by atoms with Gasteiger partial charge in [0.15, 0.2) is 0 Å². The number of hydrogen-bond donors (Lipinski definition) is 1. The lowest BCUT2D eigenvalue weighted by atomic mass is 10.2. The number of oxazole rings is 1. The minimum absolute atomic E-state index is 0.259. The molecule has 5 nitrogen and oxygen atoms in total. The smallest absolute Gasteiger partial charge is 0.269 e. The second-order valence-corrected chi connectivity index (χ2v) is 5.45. The summed E-state index contributed by atoms with van der Waals surface area (Å²) in [6, 6.07) is 8.98. The molecule has 0 aliphatic carbocycles. The van der Waals surface area contributed by atoms with Gasteiger partial charge in [0.05, 0.1) is 5.69 Å². The molecule has 0 saturated heterocycles. The van der Waals surface area contributed by atoms with E-state index in [1.54, 1.807) is 18.2 Å². The Morgan fingerprint density at radius 1 is 1.25 bits per heavy atom. The molecule has 24 heavy (non-hydrogen) atoms. The number of benzene rings is 1. The Balaban J connectivity index is 1.56. The van der Waals surface area contributed by atoms with Crippen molar-refractivity contribution in [1.82, 2.24) is 15.3 Å². The number of nitrogens with zero attached hydrogens (tertiary/aromatic N) is 2. The summed E-state index contributed by atoms with van der Waals surface area (Å²) < 4.78 is 18.3. The van der Waals surface area contributed by atoms with Crippen LogP contribution in [-0.2, 0) is 6.42 Å². The van der Waals surface area contributed by atoms with Crippen molar-refractivity contribution < 1.29 is 13.6 Å². The second kappa shape index (κ2) is 7.23. The Morgan fingerprint density at radius 2 is 2.04 bits per heavy atom. The van der Waals surface area contributed by atoms with Crippen molar-refractivity contribution in [3.63, 3.8) is 0 Å². The molecular weight excluding hydrogens is 333 g/mol. The quantitative estimate of drug-likeness (QED) is 0.768. The molecule has 0 saturated carbocycles. The van der Waals surface area contributed by atoms with E-state index in [0.717, 1.165) is 0 Å². The van der Waals surface area contributed by atoms with Gasteiger partial charge in [0, 0.05) is 29.7 Å². The molecule has 2 aromatic heterocycles. The van der Waals surface area contributed by atoms with Gasteiger partial charge in [-0.3, -0.25) is 9.78 Å². The van der Waals surface area contributed by atoms with Crippen LogP contribution >= 0.6 is 11.6 Å². The number of carbonyl (C=O) groups excluding carboxylic acids is 1. The monoisotopic (exact) mass is 345 g/mol. The maximum atomic E-state index is 12.9. The molecule has 0 unspecified atom stereocenters. The standard InChI is InChI=1S/C17H13ClFN3O2/c18-12-5-7-20-15(9-12)16(23)21-8-6-14-10-24-17(22-14)11-1-3-13(19)4-2-11/h1-5,7,9-10H,6,8H2,(H,21,23). The van der Waals surface area contributed by atoms with E-state index in [1.807, 2.05) is 0 Å². The predicted octanol–water partition coefficient (Wildman–Crippen LogP) is 3.50. The fourth-order valence-corrected chi connectivity index (χ4v) is 2.23. The molecule has 0 aliphatic heterocycles. The molecule has 2 heterocycles. The van der Waals surface area contributed by atoms with Crippen molar-refractivity contribution in [2.24, 2.45) is 0 Å². The van der Waals surface area contributed by atoms with E-state index >= 15 is 0 Å². The number of pyridine rings is 1. The largest absolute Gasteiger partial charge is 0.444 e. The first-order valence-corrected chi connectivity index (χ1v) is 7.60. The number of nitrogens with one attached hydrogen (secondary N) is 1. The molecule has 0 fully saturated rings. The average molecular weight is 346 g/mol. The highest BCUT2D eigenvalue weighted by Gasteiger charge is 2.09. The van der Waals surface area contributed by atoms with Crippen LogP contribution in [0, 0.1) is 5.82 Å². The van der Waals surface area contributed by atoms with Gasteiger partial charge in [-0.05, 0) is 36.4 Å². The van der Waals surface area contributed by atoms with Gasteiger partial charge >= 0.3 is 0 Å². The first-order valence-electron chi connectivity index (χ1n) is 7.22. The molecule has 7 heteroatoms. The first kappa shape index (κ1) is 16.1. The lowest BCUT2D eigenvalue weighted by Crippen LogP contribution is -2.26. The van der Waals surface area contributed by atoms with Gasteiger partial charge < -0.3 is 9.73 Å². The Morgan fingerprint density at radius 3 is 2.79 bits per heavy atom. The van der Waals surface area contributed by atoms with Crippen molar-refractivity contribution in [3.05, 3.63) is 71.1 Å². The molecule has 3 rings (SSSR count). The van der Waals surface area contributed by atoms with Gasteiger partial charge in [-0.25, -0.2) is 9.37 Å². The van der Waals surface area contributed by atoms with Crippen LogP contribution in [-0.4, -0.2) is 22.4 Å². The van der Waals surface area contributed by atoms with Crippen LogP contribution in [0.5, 0.6) is 0 Å². The number of carbonyl (C=O) groups is 1. The lowest BCUT2D eigenvalue weighted by Gasteiger charge is -2.03. The third-order valence-electron chi connectivity index (χ3n) is 3.26. The van der Waals surface area contributed by atoms with Gasteiger partial charge in [0.2, 0.25) is 5.89 Å². The molecule has 0 radical (unpaired) electrons. The normalized spacial score (nSPS) is 10.6. The Hall–Kier alpha value is -2.73. The molecule has 1 amide bonds. The molecular formula is C17H13ClFN3O2. The number of aromatic nitrogens is 2. The van der Waals surface area contributed by atoms with Crippen LogP contribution in [0.15, 0.2) is 53.3 Å². The topological polar surface area (TPSA) is 68.0 Å². The maximum Gasteiger partial charge on any atom is 0.269 e. The molecule has 0 spiro atoms. The van der Waals surface area contributed by atoms with Gasteiger partial charge in [0.1, 0.15) is 17.8 Å². The number of hydrogen-bond acceptors (Lipinski definition) is 4. The highest BCUT2D eigenvalue weighted by molar-refractivity contribution is 6.30. The summed E-state index contributed by atoms with van der Waals surface area (Å²) in [6.45, 7) is 0.377. The molecule has 0 bridgehead atoms. The van der Waals surface area contributed by atoms with E-state index < -0.39 is 0 Å². The van der Waals surface area contributed by atoms with Gasteiger partial charge in [-0.2, -0.15) is 0 Å². The minimum atomic E-state index is -0.317. The third kappa shape index (κ3) is 3.97. The van der Waals surface area contributed by atoms with Gasteiger partial charge in [-0.1, -0.05) is 11.6 Å². The van der Waals surface area contributed by atoms with E-state index in [2.05, 4.69) is 15.3 Å². The van der Waals surface area contributed by atoms with E-state index in [1.165, 1.54) is 30.7 Å². The third-order valence-corrected chi connectivity index (χ3v) is 3.50. The van der Waals surface area contributed by atoms with E-state index in [9.17, 15) is 9.18 Å². The summed E-state index contributed by atoms with van der Waals surface area (Å²) in [4.78, 5) is 20.2. The van der Waals surface area contributed by atoms with E-state index in [4.69, 9.17) is 16.0 Å². The summed E-state index contributed by atoms with van der Waals surface area (Å²) >= 11 is 5.82. The SMILES string of the molecule is O=C(NCCc1coc(-c2ccc(F)cc2)n1)c1cc(Cl)ccn1. The van der Waals surface area contributed by atoms with Crippen molar-refractivity contribution in [2.45, 2.75) is 6.42 Å². The second-order valence-electron chi connectivity index (χ2n) is 5.02. The summed E-state index contributed by atoms with van der Waals surface area (Å²) in [5.41, 5.74) is 1.64. The van der Waals surface area contributed by atoms with Crippen LogP contribution in [0.4, 0.5) is 4.39 Å². The van der Waals surface area contributed by atoms with Crippen molar-refractivity contribution in [3.8, 4) is 11.5 Å². The zero-order chi connectivity index (χ0) is 16.9. The van der Waals surface area contributed by atoms with Crippen LogP contribution in [0.3, 0.4) is 0 Å². The Labute approximate surface area is 142 Å². The number of halogens is 2. The van der Waals surface area contributed by atoms with Gasteiger partial charge in [0.25, 0.3) is 5.91 Å². The zero-order valence-electron chi connectivity index (χ0n) is 12.5. The number of amides is 1. The summed E-state index contributed by atoms with van der Waals surface area (Å²) in [6.07, 6.45) is 3.49. The molecule has 0 atom stereocenters. The van der Waals surface area contributed by atoms with Gasteiger partial charge in [-0.15, -0.1) is 0 Å². The van der Waals surface area contributed by atoms with E-state index in [0.29, 0.717) is 35.1 Å². The molecule has 122 valence electrons. The van der Waals surface area contributed by atoms with Crippen LogP contribution in [0.1, 0.15) is 16.2 Å². The van der Waals surface area contributed by atoms with Crippen LogP contribution in [0.25, 0.3) is 11.5 Å². The Bertz CT molecular complexity index is 849. The predicted molar refractivity (Wildman–Crippen MR) is 87.2 cm³/mol. The summed E-state index contributed by atoms with van der Waals surface area (Å²) in [5.74, 6) is -0.213. The Kier molecular flexibility index (Phi) is 4.86. The molecule has 1 N–H and O–H groups in total. The lowest BCUT2D eigenvalue weighted by molar-refractivity contribution is 0.0949. The average Bonchev–Trinajstić information content (AvgIpc) is 3.04. The van der Waals surface area contributed by atoms with Crippen molar-refractivity contribution in [2.75, 3.05) is 6.54 Å². The molecule has 1 aromatic carbocycles. The minimum Gasteiger partial charge on any atom is -0.444 e. The number of rotatable bonds is 5. The fourth-order valence-electron chi connectivity index (χ4n) is 2.07. The molecule has 3 aromatic rings. The fraction of sp³-hybridized carbons (Fsp3) is 0.118. The summed E-state index contributed by atoms with van der Waals surface area (Å²) in [7, 11) is 0. The zero-order valence-corrected chi connectivity index (χ0v) is 13.3. The highest BCUT2D eigenvalue weighted by atomic mass is 35.5. The highest BCUT2D eigenvalue weighted by Crippen LogP contribution is 2.19. The maximum absolute atomic E-state index is 12.9. The summed E-state index contributed by atoms with van der Waals surface area (Å²) in [5, 5.41) is 3.19. The van der Waals surface area contributed by atoms with Crippen molar-refractivity contribution in [1.29, 1.82) is 0 Å². The molecule has 0 aliphatic rings.